The molecule has 1 aromatic heterocycles. The number of carbonyl (C=O) groups is 1. The second-order valence-electron chi connectivity index (χ2n) is 7.61. The third-order valence-corrected chi connectivity index (χ3v) is 6.35. The lowest BCUT2D eigenvalue weighted by Crippen LogP contribution is -2.33. The van der Waals surface area contributed by atoms with Crippen LogP contribution in [-0.4, -0.2) is 33.0 Å². The summed E-state index contributed by atoms with van der Waals surface area (Å²) in [5.41, 5.74) is 2.91. The number of nitrogens with one attached hydrogen (secondary N) is 1. The van der Waals surface area contributed by atoms with Crippen LogP contribution in [0.15, 0.2) is 90.1 Å². The molecule has 0 aliphatic rings. The second kappa shape index (κ2) is 10.4. The largest absolute Gasteiger partial charge is 0.497 e. The molecule has 0 aliphatic heterocycles. The van der Waals surface area contributed by atoms with Gasteiger partial charge in [-0.1, -0.05) is 60.3 Å². The van der Waals surface area contributed by atoms with Gasteiger partial charge >= 0.3 is 0 Å². The molecule has 1 amide bonds. The van der Waals surface area contributed by atoms with Gasteiger partial charge < -0.3 is 10.1 Å². The average molecular weight is 459 g/mol. The highest BCUT2D eigenvalue weighted by Crippen LogP contribution is 2.31. The van der Waals surface area contributed by atoms with Gasteiger partial charge in [0.25, 0.3) is 0 Å². The number of hydrogen-bond donors (Lipinski definition) is 1. The molecule has 0 fully saturated rings. The predicted molar refractivity (Wildman–Crippen MR) is 132 cm³/mol. The molecule has 2 atom stereocenters. The van der Waals surface area contributed by atoms with E-state index >= 15 is 0 Å². The first-order chi connectivity index (χ1) is 16.1. The molecule has 4 rings (SSSR count). The van der Waals surface area contributed by atoms with Gasteiger partial charge in [0.15, 0.2) is 11.0 Å². The number of rotatable bonds is 8. The van der Waals surface area contributed by atoms with E-state index in [0.717, 1.165) is 22.6 Å². The van der Waals surface area contributed by atoms with Crippen LogP contribution in [0.3, 0.4) is 0 Å². The fourth-order valence-electron chi connectivity index (χ4n) is 3.45. The minimum absolute atomic E-state index is 0.0510. The molecule has 0 radical (unpaired) electrons. The first kappa shape index (κ1) is 22.6. The van der Waals surface area contributed by atoms with Gasteiger partial charge in [-0.25, -0.2) is 0 Å². The maximum absolute atomic E-state index is 12.9. The van der Waals surface area contributed by atoms with Gasteiger partial charge in [0, 0.05) is 11.3 Å². The van der Waals surface area contributed by atoms with Crippen LogP contribution in [0.25, 0.3) is 17.1 Å². The van der Waals surface area contributed by atoms with E-state index in [4.69, 9.17) is 4.74 Å². The third kappa shape index (κ3) is 5.26. The number of thioether (sulfide) groups is 1. The van der Waals surface area contributed by atoms with Crippen molar-refractivity contribution in [3.63, 3.8) is 0 Å². The van der Waals surface area contributed by atoms with E-state index in [1.165, 1.54) is 11.8 Å². The molecule has 0 aliphatic carbocycles. The molecule has 4 aromatic rings. The zero-order valence-corrected chi connectivity index (χ0v) is 19.6. The number of hydrogen-bond acceptors (Lipinski definition) is 5. The van der Waals surface area contributed by atoms with Gasteiger partial charge in [0.2, 0.25) is 5.91 Å². The first-order valence-electron chi connectivity index (χ1n) is 10.7. The van der Waals surface area contributed by atoms with Crippen molar-refractivity contribution in [2.45, 2.75) is 30.3 Å². The number of aromatic nitrogens is 3. The second-order valence-corrected chi connectivity index (χ2v) is 8.91. The number of amides is 1. The van der Waals surface area contributed by atoms with Crippen LogP contribution in [0.1, 0.15) is 25.5 Å². The lowest BCUT2D eigenvalue weighted by atomic mass is 10.1. The molecule has 0 saturated heterocycles. The summed E-state index contributed by atoms with van der Waals surface area (Å²) in [5, 5.41) is 12.3. The van der Waals surface area contributed by atoms with Crippen molar-refractivity contribution in [2.24, 2.45) is 0 Å². The Balaban J connectivity index is 1.59. The monoisotopic (exact) mass is 458 g/mol. The summed E-state index contributed by atoms with van der Waals surface area (Å²) in [7, 11) is 1.64. The number of benzene rings is 3. The summed E-state index contributed by atoms with van der Waals surface area (Å²) < 4.78 is 7.26. The SMILES string of the molecule is COc1ccc(-c2nnc(SC(C)C(=O)NC(C)c3ccccc3)n2-c2ccccc2)cc1. The average Bonchev–Trinajstić information content (AvgIpc) is 3.28. The maximum atomic E-state index is 12.9. The highest BCUT2D eigenvalue weighted by molar-refractivity contribution is 8.00. The molecular formula is C26H26N4O2S. The Morgan fingerprint density at radius 1 is 0.909 bits per heavy atom. The molecular weight excluding hydrogens is 432 g/mol. The van der Waals surface area contributed by atoms with Crippen molar-refractivity contribution in [1.29, 1.82) is 0 Å². The molecule has 0 spiro atoms. The highest BCUT2D eigenvalue weighted by Gasteiger charge is 2.23. The smallest absolute Gasteiger partial charge is 0.233 e. The zero-order valence-electron chi connectivity index (χ0n) is 18.8. The quantitative estimate of drug-likeness (QED) is 0.363. The van der Waals surface area contributed by atoms with Crippen LogP contribution in [-0.2, 0) is 4.79 Å². The molecule has 3 aromatic carbocycles. The minimum Gasteiger partial charge on any atom is -0.497 e. The fourth-order valence-corrected chi connectivity index (χ4v) is 4.33. The van der Waals surface area contributed by atoms with Gasteiger partial charge in [-0.2, -0.15) is 0 Å². The van der Waals surface area contributed by atoms with Crippen molar-refractivity contribution in [3.8, 4) is 22.8 Å². The Morgan fingerprint density at radius 2 is 1.55 bits per heavy atom. The number of para-hydroxylation sites is 1. The van der Waals surface area contributed by atoms with Crippen LogP contribution in [0, 0.1) is 0 Å². The van der Waals surface area contributed by atoms with Crippen LogP contribution in [0.5, 0.6) is 5.75 Å². The summed E-state index contributed by atoms with van der Waals surface area (Å²) >= 11 is 1.39. The normalized spacial score (nSPS) is 12.7. The molecule has 7 heteroatoms. The number of carbonyl (C=O) groups excluding carboxylic acids is 1. The maximum Gasteiger partial charge on any atom is 0.233 e. The standard InChI is InChI=1S/C26H26N4O2S/c1-18(20-10-6-4-7-11-20)27-25(31)19(2)33-26-29-28-24(21-14-16-23(32-3)17-15-21)30(26)22-12-8-5-9-13-22/h4-19H,1-3H3,(H,27,31). The zero-order chi connectivity index (χ0) is 23.2. The fraction of sp³-hybridized carbons (Fsp3) is 0.192. The summed E-state index contributed by atoms with van der Waals surface area (Å²) in [6, 6.07) is 27.5. The number of ether oxygens (including phenoxy) is 1. The molecule has 1 heterocycles. The van der Waals surface area contributed by atoms with Crippen molar-refractivity contribution < 1.29 is 9.53 Å². The van der Waals surface area contributed by atoms with Crippen LogP contribution >= 0.6 is 11.8 Å². The lowest BCUT2D eigenvalue weighted by Gasteiger charge is -2.18. The third-order valence-electron chi connectivity index (χ3n) is 5.31. The molecule has 2 unspecified atom stereocenters. The van der Waals surface area contributed by atoms with Crippen LogP contribution in [0.4, 0.5) is 0 Å². The van der Waals surface area contributed by atoms with E-state index in [1.54, 1.807) is 7.11 Å². The topological polar surface area (TPSA) is 69.0 Å². The minimum atomic E-state index is -0.355. The molecule has 168 valence electrons. The lowest BCUT2D eigenvalue weighted by molar-refractivity contribution is -0.120. The number of nitrogens with zero attached hydrogens (tertiary/aromatic N) is 3. The summed E-state index contributed by atoms with van der Waals surface area (Å²) in [6.45, 7) is 3.87. The van der Waals surface area contributed by atoms with E-state index < -0.39 is 0 Å². The van der Waals surface area contributed by atoms with Crippen molar-refractivity contribution >= 4 is 17.7 Å². The van der Waals surface area contributed by atoms with E-state index in [1.807, 2.05) is 103 Å². The Morgan fingerprint density at radius 3 is 2.18 bits per heavy atom. The van der Waals surface area contributed by atoms with E-state index in [2.05, 4.69) is 15.5 Å². The summed E-state index contributed by atoms with van der Waals surface area (Å²) in [6.07, 6.45) is 0. The summed E-state index contributed by atoms with van der Waals surface area (Å²) in [4.78, 5) is 12.9. The number of methoxy groups -OCH3 is 1. The predicted octanol–water partition coefficient (Wildman–Crippen LogP) is 5.30. The van der Waals surface area contributed by atoms with Gasteiger partial charge in [-0.05, 0) is 55.8 Å². The van der Waals surface area contributed by atoms with E-state index in [9.17, 15) is 4.79 Å². The molecule has 33 heavy (non-hydrogen) atoms. The van der Waals surface area contributed by atoms with Crippen molar-refractivity contribution in [1.82, 2.24) is 20.1 Å². The Labute approximate surface area is 198 Å². The Bertz CT molecular complexity index is 1190. The molecule has 6 nitrogen and oxygen atoms in total. The van der Waals surface area contributed by atoms with Crippen molar-refractivity contribution in [2.75, 3.05) is 7.11 Å². The summed E-state index contributed by atoms with van der Waals surface area (Å²) in [5.74, 6) is 1.43. The molecule has 1 N–H and O–H groups in total. The van der Waals surface area contributed by atoms with Gasteiger partial charge in [-0.15, -0.1) is 10.2 Å². The van der Waals surface area contributed by atoms with Gasteiger partial charge in [-0.3, -0.25) is 9.36 Å². The van der Waals surface area contributed by atoms with Crippen LogP contribution < -0.4 is 10.1 Å². The van der Waals surface area contributed by atoms with E-state index in [0.29, 0.717) is 11.0 Å². The first-order valence-corrected chi connectivity index (χ1v) is 11.6. The van der Waals surface area contributed by atoms with Gasteiger partial charge in [0.1, 0.15) is 5.75 Å². The van der Waals surface area contributed by atoms with Crippen molar-refractivity contribution in [3.05, 3.63) is 90.5 Å². The van der Waals surface area contributed by atoms with Gasteiger partial charge in [0.05, 0.1) is 18.4 Å². The highest BCUT2D eigenvalue weighted by atomic mass is 32.2. The Kier molecular flexibility index (Phi) is 7.10. The van der Waals surface area contributed by atoms with Crippen LogP contribution in [0.2, 0.25) is 0 Å². The Hall–Kier alpha value is -3.58. The molecule has 0 saturated carbocycles. The molecule has 0 bridgehead atoms. The van der Waals surface area contributed by atoms with E-state index in [-0.39, 0.29) is 17.2 Å².